The zero-order chi connectivity index (χ0) is 22.2. The number of anilines is 1. The predicted molar refractivity (Wildman–Crippen MR) is 127 cm³/mol. The molecule has 0 atom stereocenters. The minimum absolute atomic E-state index is 0.141. The minimum Gasteiger partial charge on any atom is -0.494 e. The highest BCUT2D eigenvalue weighted by atomic mass is 79.9. The number of hydrogen-bond acceptors (Lipinski definition) is 3. The number of aryl methyl sites for hydroxylation is 1. The molecule has 158 valence electrons. The van der Waals surface area contributed by atoms with E-state index in [2.05, 4.69) is 26.6 Å². The highest BCUT2D eigenvalue weighted by Gasteiger charge is 2.15. The zero-order valence-corrected chi connectivity index (χ0v) is 18.9. The fraction of sp³-hybridized carbons (Fsp3) is 0.120. The first-order chi connectivity index (χ1) is 14.9. The summed E-state index contributed by atoms with van der Waals surface area (Å²) < 4.78 is 6.35. The van der Waals surface area contributed by atoms with Crippen LogP contribution >= 0.6 is 15.9 Å². The van der Waals surface area contributed by atoms with Crippen LogP contribution in [0.4, 0.5) is 5.69 Å². The second kappa shape index (κ2) is 10.6. The Balaban J connectivity index is 1.83. The van der Waals surface area contributed by atoms with Gasteiger partial charge in [-0.2, -0.15) is 0 Å². The molecule has 3 aromatic carbocycles. The summed E-state index contributed by atoms with van der Waals surface area (Å²) in [6.07, 6.45) is 1.64. The molecule has 3 aromatic rings. The Morgan fingerprint density at radius 2 is 1.58 bits per heavy atom. The van der Waals surface area contributed by atoms with Gasteiger partial charge < -0.3 is 15.4 Å². The monoisotopic (exact) mass is 478 g/mol. The van der Waals surface area contributed by atoms with Crippen molar-refractivity contribution >= 4 is 39.5 Å². The quantitative estimate of drug-likeness (QED) is 0.436. The zero-order valence-electron chi connectivity index (χ0n) is 17.3. The van der Waals surface area contributed by atoms with Crippen LogP contribution in [0.5, 0.6) is 5.75 Å². The lowest BCUT2D eigenvalue weighted by Gasteiger charge is -2.12. The van der Waals surface area contributed by atoms with E-state index in [9.17, 15) is 9.59 Å². The van der Waals surface area contributed by atoms with E-state index in [4.69, 9.17) is 4.74 Å². The van der Waals surface area contributed by atoms with E-state index in [0.29, 0.717) is 17.9 Å². The third-order valence-electron chi connectivity index (χ3n) is 4.41. The number of rotatable bonds is 7. The van der Waals surface area contributed by atoms with Gasteiger partial charge in [0, 0.05) is 15.7 Å². The van der Waals surface area contributed by atoms with E-state index in [1.807, 2.05) is 50.2 Å². The Hall–Kier alpha value is -3.38. The summed E-state index contributed by atoms with van der Waals surface area (Å²) in [7, 11) is 0. The topological polar surface area (TPSA) is 67.4 Å². The molecule has 0 radical (unpaired) electrons. The normalized spacial score (nSPS) is 11.0. The molecular weight excluding hydrogens is 456 g/mol. The summed E-state index contributed by atoms with van der Waals surface area (Å²) in [4.78, 5) is 25.7. The van der Waals surface area contributed by atoms with Crippen LogP contribution in [0, 0.1) is 6.92 Å². The lowest BCUT2D eigenvalue weighted by Crippen LogP contribution is -2.30. The van der Waals surface area contributed by atoms with Crippen molar-refractivity contribution in [2.24, 2.45) is 0 Å². The Labute approximate surface area is 190 Å². The second-order valence-corrected chi connectivity index (χ2v) is 7.76. The van der Waals surface area contributed by atoms with Crippen LogP contribution in [0.25, 0.3) is 6.08 Å². The van der Waals surface area contributed by atoms with Crippen molar-refractivity contribution in [3.8, 4) is 5.75 Å². The molecule has 31 heavy (non-hydrogen) atoms. The highest BCUT2D eigenvalue weighted by Crippen LogP contribution is 2.17. The lowest BCUT2D eigenvalue weighted by molar-refractivity contribution is -0.113. The molecule has 0 aliphatic carbocycles. The number of carbonyl (C=O) groups is 2. The molecule has 0 heterocycles. The molecule has 0 saturated carbocycles. The van der Waals surface area contributed by atoms with E-state index in [1.165, 1.54) is 0 Å². The van der Waals surface area contributed by atoms with Crippen LogP contribution in [-0.2, 0) is 4.79 Å². The van der Waals surface area contributed by atoms with Gasteiger partial charge in [-0.05, 0) is 74.0 Å². The standard InChI is InChI=1S/C25H23BrN2O3/c1-3-31-22-14-12-21(13-15-22)27-25(30)23(16-18-6-10-20(26)11-7-18)28-24(29)19-8-4-17(2)5-9-19/h4-16H,3H2,1-2H3,(H,27,30)(H,28,29)/b23-16+. The molecule has 0 spiro atoms. The smallest absolute Gasteiger partial charge is 0.272 e. The lowest BCUT2D eigenvalue weighted by atomic mass is 10.1. The SMILES string of the molecule is CCOc1ccc(NC(=O)/C(=C\c2ccc(Br)cc2)NC(=O)c2ccc(C)cc2)cc1. The Morgan fingerprint density at radius 3 is 2.19 bits per heavy atom. The third-order valence-corrected chi connectivity index (χ3v) is 4.94. The van der Waals surface area contributed by atoms with Gasteiger partial charge in [-0.25, -0.2) is 0 Å². The van der Waals surface area contributed by atoms with Gasteiger partial charge in [0.2, 0.25) is 0 Å². The molecule has 2 amide bonds. The van der Waals surface area contributed by atoms with E-state index in [0.717, 1.165) is 21.3 Å². The molecular formula is C25H23BrN2O3. The van der Waals surface area contributed by atoms with E-state index in [-0.39, 0.29) is 11.6 Å². The van der Waals surface area contributed by atoms with Gasteiger partial charge in [-0.1, -0.05) is 45.8 Å². The van der Waals surface area contributed by atoms with Gasteiger partial charge in [0.05, 0.1) is 6.61 Å². The molecule has 0 unspecified atom stereocenters. The fourth-order valence-corrected chi connectivity index (χ4v) is 3.05. The molecule has 0 aromatic heterocycles. The third kappa shape index (κ3) is 6.55. The maximum atomic E-state index is 13.0. The van der Waals surface area contributed by atoms with E-state index < -0.39 is 5.91 Å². The van der Waals surface area contributed by atoms with Gasteiger partial charge in [0.15, 0.2) is 0 Å². The average Bonchev–Trinajstić information content (AvgIpc) is 2.76. The molecule has 6 heteroatoms. The van der Waals surface area contributed by atoms with E-state index in [1.54, 1.807) is 42.5 Å². The van der Waals surface area contributed by atoms with E-state index >= 15 is 0 Å². The summed E-state index contributed by atoms with van der Waals surface area (Å²) in [5, 5.41) is 5.56. The number of ether oxygens (including phenoxy) is 1. The number of benzene rings is 3. The molecule has 0 bridgehead atoms. The van der Waals surface area contributed by atoms with Crippen LogP contribution in [0.2, 0.25) is 0 Å². The summed E-state index contributed by atoms with van der Waals surface area (Å²) in [6.45, 7) is 4.42. The first kappa shape index (κ1) is 22.3. The summed E-state index contributed by atoms with van der Waals surface area (Å²) in [5.74, 6) is -0.0588. The first-order valence-electron chi connectivity index (χ1n) is 9.84. The van der Waals surface area contributed by atoms with Crippen molar-refractivity contribution in [3.63, 3.8) is 0 Å². The van der Waals surface area contributed by atoms with Gasteiger partial charge in [0.1, 0.15) is 11.4 Å². The largest absolute Gasteiger partial charge is 0.494 e. The average molecular weight is 479 g/mol. The Kier molecular flexibility index (Phi) is 7.62. The van der Waals surface area contributed by atoms with Gasteiger partial charge in [-0.3, -0.25) is 9.59 Å². The fourth-order valence-electron chi connectivity index (χ4n) is 2.78. The van der Waals surface area contributed by atoms with Crippen molar-refractivity contribution in [3.05, 3.63) is 99.7 Å². The van der Waals surface area contributed by atoms with Crippen LogP contribution in [-0.4, -0.2) is 18.4 Å². The number of halogens is 1. The number of nitrogens with one attached hydrogen (secondary N) is 2. The Morgan fingerprint density at radius 1 is 0.935 bits per heavy atom. The molecule has 2 N–H and O–H groups in total. The van der Waals surface area contributed by atoms with Gasteiger partial charge >= 0.3 is 0 Å². The number of carbonyl (C=O) groups excluding carboxylic acids is 2. The Bertz CT molecular complexity index is 1070. The summed E-state index contributed by atoms with van der Waals surface area (Å²) >= 11 is 3.40. The van der Waals surface area contributed by atoms with Crippen LogP contribution in [0.3, 0.4) is 0 Å². The van der Waals surface area contributed by atoms with Crippen LogP contribution < -0.4 is 15.4 Å². The highest BCUT2D eigenvalue weighted by molar-refractivity contribution is 9.10. The summed E-state index contributed by atoms with van der Waals surface area (Å²) in [6, 6.07) is 21.7. The maximum absolute atomic E-state index is 13.0. The van der Waals surface area contributed by atoms with Crippen LogP contribution in [0.15, 0.2) is 83.0 Å². The molecule has 0 aliphatic rings. The van der Waals surface area contributed by atoms with Crippen molar-refractivity contribution in [2.75, 3.05) is 11.9 Å². The number of hydrogen-bond donors (Lipinski definition) is 2. The first-order valence-corrected chi connectivity index (χ1v) is 10.6. The molecule has 5 nitrogen and oxygen atoms in total. The number of amides is 2. The van der Waals surface area contributed by atoms with Crippen LogP contribution in [0.1, 0.15) is 28.4 Å². The van der Waals surface area contributed by atoms with Crippen molar-refractivity contribution in [1.29, 1.82) is 0 Å². The molecule has 0 saturated heterocycles. The van der Waals surface area contributed by atoms with Crippen molar-refractivity contribution in [2.45, 2.75) is 13.8 Å². The van der Waals surface area contributed by atoms with Crippen molar-refractivity contribution < 1.29 is 14.3 Å². The van der Waals surface area contributed by atoms with Gasteiger partial charge in [-0.15, -0.1) is 0 Å². The van der Waals surface area contributed by atoms with Crippen molar-refractivity contribution in [1.82, 2.24) is 5.32 Å². The predicted octanol–water partition coefficient (Wildman–Crippen LogP) is 5.57. The maximum Gasteiger partial charge on any atom is 0.272 e. The second-order valence-electron chi connectivity index (χ2n) is 6.84. The van der Waals surface area contributed by atoms with Gasteiger partial charge in [0.25, 0.3) is 11.8 Å². The summed E-state index contributed by atoms with van der Waals surface area (Å²) in [5.41, 5.74) is 3.04. The molecule has 3 rings (SSSR count). The molecule has 0 aliphatic heterocycles. The molecule has 0 fully saturated rings. The minimum atomic E-state index is -0.424.